The quantitative estimate of drug-likeness (QED) is 0.365. The largest absolute Gasteiger partial charge is 0.0628 e. The highest BCUT2D eigenvalue weighted by atomic mass is 14.7. The molecule has 0 aromatic carbocycles. The molecule has 0 saturated heterocycles. The van der Waals surface area contributed by atoms with Gasteiger partial charge in [0.05, 0.1) is 0 Å². The number of hydrogen-bond donors (Lipinski definition) is 0. The van der Waals surface area contributed by atoms with Crippen LogP contribution in [0.25, 0.3) is 0 Å². The Balaban J connectivity index is 1.39. The monoisotopic (exact) mass is 482 g/mol. The molecule has 0 amide bonds. The lowest BCUT2D eigenvalue weighted by Crippen LogP contribution is -2.65. The maximum absolute atomic E-state index is 2.84. The van der Waals surface area contributed by atoms with E-state index >= 15 is 0 Å². The summed E-state index contributed by atoms with van der Waals surface area (Å²) in [6, 6.07) is 0. The third kappa shape index (κ3) is 3.78. The van der Waals surface area contributed by atoms with Gasteiger partial charge in [-0.15, -0.1) is 0 Å². The molecule has 0 aromatic heterocycles. The van der Waals surface area contributed by atoms with Crippen molar-refractivity contribution in [1.82, 2.24) is 0 Å². The molecule has 5 aliphatic rings. The van der Waals surface area contributed by atoms with Gasteiger partial charge in [0.1, 0.15) is 0 Å². The first-order chi connectivity index (χ1) is 16.3. The van der Waals surface area contributed by atoms with E-state index in [9.17, 15) is 0 Å². The van der Waals surface area contributed by atoms with Gasteiger partial charge in [-0.3, -0.25) is 0 Å². The van der Waals surface area contributed by atoms with Crippen LogP contribution in [0.1, 0.15) is 152 Å². The third-order valence-corrected chi connectivity index (χ3v) is 14.9. The molecule has 5 aliphatic carbocycles. The average molecular weight is 483 g/mol. The normalized spacial score (nSPS) is 51.8. The molecule has 0 nitrogen and oxygen atoms in total. The van der Waals surface area contributed by atoms with Gasteiger partial charge in [-0.05, 0) is 133 Å². The summed E-state index contributed by atoms with van der Waals surface area (Å²) in [6.07, 6.45) is 21.1. The van der Waals surface area contributed by atoms with Crippen molar-refractivity contribution >= 4 is 0 Å². The molecule has 0 aromatic rings. The predicted molar refractivity (Wildman–Crippen MR) is 152 cm³/mol. The van der Waals surface area contributed by atoms with E-state index in [1.165, 1.54) is 83.5 Å². The lowest BCUT2D eigenvalue weighted by molar-refractivity contribution is -0.241. The van der Waals surface area contributed by atoms with Crippen molar-refractivity contribution in [2.24, 2.45) is 68.5 Å². The molecule has 0 aliphatic heterocycles. The summed E-state index contributed by atoms with van der Waals surface area (Å²) in [5, 5.41) is 0. The van der Waals surface area contributed by atoms with Crippen molar-refractivity contribution in [3.8, 4) is 0 Å². The van der Waals surface area contributed by atoms with Crippen molar-refractivity contribution < 1.29 is 0 Å². The van der Waals surface area contributed by atoms with Gasteiger partial charge in [0.15, 0.2) is 0 Å². The molecule has 5 fully saturated rings. The van der Waals surface area contributed by atoms with E-state index in [0.717, 1.165) is 41.4 Å². The Hall–Kier alpha value is 0. The van der Waals surface area contributed by atoms with Gasteiger partial charge in [0.25, 0.3) is 0 Å². The molecular weight excluding hydrogens is 420 g/mol. The summed E-state index contributed by atoms with van der Waals surface area (Å²) in [7, 11) is 0. The number of fused-ring (bicyclic) bond motifs is 7. The predicted octanol–water partition coefficient (Wildman–Crippen LogP) is 10.9. The van der Waals surface area contributed by atoms with E-state index in [1.54, 1.807) is 6.42 Å². The van der Waals surface area contributed by atoms with Crippen LogP contribution in [-0.4, -0.2) is 0 Å². The minimum atomic E-state index is 0.556. The fourth-order valence-electron chi connectivity index (χ4n) is 13.1. The van der Waals surface area contributed by atoms with Gasteiger partial charge in [-0.1, -0.05) is 88.0 Å². The zero-order chi connectivity index (χ0) is 25.4. The van der Waals surface area contributed by atoms with E-state index in [2.05, 4.69) is 62.3 Å². The van der Waals surface area contributed by atoms with Crippen molar-refractivity contribution in [2.75, 3.05) is 0 Å². The number of rotatable bonds is 5. The van der Waals surface area contributed by atoms with Crippen molar-refractivity contribution in [2.45, 2.75) is 152 Å². The fourth-order valence-corrected chi connectivity index (χ4v) is 13.1. The molecule has 35 heavy (non-hydrogen) atoms. The van der Waals surface area contributed by atoms with Crippen LogP contribution < -0.4 is 0 Å². The van der Waals surface area contributed by atoms with Gasteiger partial charge in [-0.2, -0.15) is 0 Å². The zero-order valence-electron chi connectivity index (χ0n) is 25.4. The van der Waals surface area contributed by atoms with Crippen LogP contribution in [0.4, 0.5) is 0 Å². The molecule has 202 valence electrons. The maximum Gasteiger partial charge on any atom is -0.0235 e. The van der Waals surface area contributed by atoms with Gasteiger partial charge in [0.2, 0.25) is 0 Å². The highest BCUT2D eigenvalue weighted by Gasteiger charge is 2.70. The molecule has 0 spiro atoms. The molecule has 5 saturated carbocycles. The maximum atomic E-state index is 2.84. The Morgan fingerprint density at radius 1 is 0.600 bits per heavy atom. The summed E-state index contributed by atoms with van der Waals surface area (Å²) in [5.41, 5.74) is 2.88. The second kappa shape index (κ2) is 8.76. The standard InChI is InChI=1S/C35H62/c1-24(2)12-10-13-25(3)26-16-21-32(6)27(26)17-22-34(8)29(32)14-15-30-33(7)20-11-19-31(4,5)28(33)18-23-35(30,34)9/h24-30H,10-23H2,1-9H3/t25-,26+,27?,28?,29?,30?,32+,33?,34?,35?/m1/s1. The molecule has 10 atom stereocenters. The van der Waals surface area contributed by atoms with Crippen LogP contribution in [0.15, 0.2) is 0 Å². The van der Waals surface area contributed by atoms with Crippen molar-refractivity contribution in [3.63, 3.8) is 0 Å². The first kappa shape index (κ1) is 26.6. The lowest BCUT2D eigenvalue weighted by atomic mass is 9.32. The first-order valence-corrected chi connectivity index (χ1v) is 16.3. The van der Waals surface area contributed by atoms with Gasteiger partial charge in [0, 0.05) is 0 Å². The minimum Gasteiger partial charge on any atom is -0.0628 e. The lowest BCUT2D eigenvalue weighted by Gasteiger charge is -2.73. The number of hydrogen-bond acceptors (Lipinski definition) is 0. The summed E-state index contributed by atoms with van der Waals surface area (Å²) < 4.78 is 0. The molecule has 0 bridgehead atoms. The Morgan fingerprint density at radius 3 is 1.89 bits per heavy atom. The van der Waals surface area contributed by atoms with Gasteiger partial charge < -0.3 is 0 Å². The summed E-state index contributed by atoms with van der Waals surface area (Å²) >= 11 is 0. The van der Waals surface area contributed by atoms with Crippen LogP contribution in [0.2, 0.25) is 0 Å². The van der Waals surface area contributed by atoms with Gasteiger partial charge >= 0.3 is 0 Å². The van der Waals surface area contributed by atoms with Crippen LogP contribution in [0.5, 0.6) is 0 Å². The SMILES string of the molecule is CC(C)CCC[C@@H](C)[C@@H]1CC[C@@]2(C)C1CCC1(C)C2CCC2C3(C)CCCC(C)(C)C3CCC21C. The summed E-state index contributed by atoms with van der Waals surface area (Å²) in [5.74, 6) is 6.72. The van der Waals surface area contributed by atoms with Crippen molar-refractivity contribution in [1.29, 1.82) is 0 Å². The minimum absolute atomic E-state index is 0.556. The Labute approximate surface area is 220 Å². The van der Waals surface area contributed by atoms with Gasteiger partial charge in [-0.25, -0.2) is 0 Å². The second-order valence-corrected chi connectivity index (χ2v) is 17.1. The molecular formula is C35H62. The van der Waals surface area contributed by atoms with E-state index in [0.29, 0.717) is 27.1 Å². The van der Waals surface area contributed by atoms with E-state index < -0.39 is 0 Å². The van der Waals surface area contributed by atoms with Crippen LogP contribution in [-0.2, 0) is 0 Å². The second-order valence-electron chi connectivity index (χ2n) is 17.1. The molecule has 0 heterocycles. The van der Waals surface area contributed by atoms with E-state index in [4.69, 9.17) is 0 Å². The molecule has 7 unspecified atom stereocenters. The first-order valence-electron chi connectivity index (χ1n) is 16.3. The molecule has 0 N–H and O–H groups in total. The summed E-state index contributed by atoms with van der Waals surface area (Å²) in [6.45, 7) is 23.9. The van der Waals surface area contributed by atoms with E-state index in [1.807, 2.05) is 0 Å². The smallest absolute Gasteiger partial charge is 0.0235 e. The fraction of sp³-hybridized carbons (Fsp3) is 1.00. The Bertz CT molecular complexity index is 777. The Kier molecular flexibility index (Phi) is 6.66. The highest BCUT2D eigenvalue weighted by molar-refractivity contribution is 5.19. The van der Waals surface area contributed by atoms with E-state index in [-0.39, 0.29) is 0 Å². The average Bonchev–Trinajstić information content (AvgIpc) is 3.10. The Morgan fingerprint density at radius 2 is 1.23 bits per heavy atom. The topological polar surface area (TPSA) is 0 Å². The van der Waals surface area contributed by atoms with Crippen LogP contribution in [0.3, 0.4) is 0 Å². The van der Waals surface area contributed by atoms with Crippen molar-refractivity contribution in [3.05, 3.63) is 0 Å². The third-order valence-electron chi connectivity index (χ3n) is 14.9. The molecule has 5 rings (SSSR count). The zero-order valence-corrected chi connectivity index (χ0v) is 25.4. The summed E-state index contributed by atoms with van der Waals surface area (Å²) in [4.78, 5) is 0. The molecule has 0 radical (unpaired) electrons. The van der Waals surface area contributed by atoms with Crippen LogP contribution >= 0.6 is 0 Å². The highest BCUT2D eigenvalue weighted by Crippen LogP contribution is 2.78. The molecule has 0 heteroatoms. The van der Waals surface area contributed by atoms with Crippen LogP contribution in [0, 0.1) is 68.5 Å².